The highest BCUT2D eigenvalue weighted by atomic mass is 19.4. The summed E-state index contributed by atoms with van der Waals surface area (Å²) in [6, 6.07) is 1.01. The van der Waals surface area contributed by atoms with E-state index in [0.717, 1.165) is 31.7 Å². The summed E-state index contributed by atoms with van der Waals surface area (Å²) in [6.07, 6.45) is -0.770. The van der Waals surface area contributed by atoms with Gasteiger partial charge in [-0.3, -0.25) is 9.48 Å². The van der Waals surface area contributed by atoms with Gasteiger partial charge in [0.2, 0.25) is 5.88 Å². The summed E-state index contributed by atoms with van der Waals surface area (Å²) in [6.45, 7) is 3.85. The first-order valence-corrected chi connectivity index (χ1v) is 9.06. The Balaban J connectivity index is 1.85. The second-order valence-corrected chi connectivity index (χ2v) is 6.85. The van der Waals surface area contributed by atoms with Crippen LogP contribution in [0.25, 0.3) is 11.0 Å². The van der Waals surface area contributed by atoms with E-state index in [2.05, 4.69) is 10.1 Å². The highest BCUT2D eigenvalue weighted by molar-refractivity contribution is 5.83. The third-order valence-corrected chi connectivity index (χ3v) is 5.01. The average molecular weight is 384 g/mol. The van der Waals surface area contributed by atoms with E-state index in [-0.39, 0.29) is 41.2 Å². The SMILES string of the molecule is CCC1CCCCN1C(=O)COc1cc(C(F)(F)F)c2c(C)nn(C)c2n1. The predicted molar refractivity (Wildman–Crippen MR) is 93.4 cm³/mol. The number of alkyl halides is 3. The second kappa shape index (κ2) is 7.36. The summed E-state index contributed by atoms with van der Waals surface area (Å²) in [5.74, 6) is -0.450. The second-order valence-electron chi connectivity index (χ2n) is 6.85. The van der Waals surface area contributed by atoms with Gasteiger partial charge in [0.25, 0.3) is 5.91 Å². The zero-order valence-electron chi connectivity index (χ0n) is 15.6. The third kappa shape index (κ3) is 3.86. The van der Waals surface area contributed by atoms with Crippen molar-refractivity contribution in [2.24, 2.45) is 7.05 Å². The number of likely N-dealkylation sites (tertiary alicyclic amines) is 1. The lowest BCUT2D eigenvalue weighted by atomic mass is 10.00. The topological polar surface area (TPSA) is 60.3 Å². The Morgan fingerprint density at radius 2 is 2.11 bits per heavy atom. The number of hydrogen-bond acceptors (Lipinski definition) is 4. The number of rotatable bonds is 4. The maximum atomic E-state index is 13.5. The van der Waals surface area contributed by atoms with Crippen LogP contribution in [-0.4, -0.2) is 44.8 Å². The monoisotopic (exact) mass is 384 g/mol. The molecule has 0 aliphatic carbocycles. The van der Waals surface area contributed by atoms with Crippen LogP contribution in [0.1, 0.15) is 43.9 Å². The first kappa shape index (κ1) is 19.4. The lowest BCUT2D eigenvalue weighted by molar-refractivity contribution is -0.137. The standard InChI is InChI=1S/C18H23F3N4O2/c1-4-12-7-5-6-8-25(12)15(26)10-27-14-9-13(18(19,20)21)16-11(2)23-24(3)17(16)22-14/h9,12H,4-8,10H2,1-3H3. The maximum Gasteiger partial charge on any atom is 0.417 e. The lowest BCUT2D eigenvalue weighted by Gasteiger charge is -2.35. The molecule has 0 aromatic carbocycles. The number of carbonyl (C=O) groups is 1. The van der Waals surface area contributed by atoms with Crippen LogP contribution in [-0.2, 0) is 18.0 Å². The van der Waals surface area contributed by atoms with Crippen LogP contribution >= 0.6 is 0 Å². The number of piperidine rings is 1. The van der Waals surface area contributed by atoms with E-state index in [1.807, 2.05) is 6.92 Å². The van der Waals surface area contributed by atoms with Gasteiger partial charge in [0.1, 0.15) is 0 Å². The van der Waals surface area contributed by atoms with Gasteiger partial charge in [-0.2, -0.15) is 23.3 Å². The van der Waals surface area contributed by atoms with E-state index in [9.17, 15) is 18.0 Å². The van der Waals surface area contributed by atoms with E-state index in [1.54, 1.807) is 4.90 Å². The number of fused-ring (bicyclic) bond motifs is 1. The van der Waals surface area contributed by atoms with E-state index in [4.69, 9.17) is 4.74 Å². The molecule has 0 spiro atoms. The Hall–Kier alpha value is -2.32. The van der Waals surface area contributed by atoms with Crippen molar-refractivity contribution in [3.63, 3.8) is 0 Å². The number of aromatic nitrogens is 3. The zero-order valence-corrected chi connectivity index (χ0v) is 15.6. The number of amides is 1. The number of nitrogens with zero attached hydrogens (tertiary/aromatic N) is 4. The minimum absolute atomic E-state index is 0.0502. The van der Waals surface area contributed by atoms with Crippen LogP contribution in [0.5, 0.6) is 5.88 Å². The molecular weight excluding hydrogens is 361 g/mol. The summed E-state index contributed by atoms with van der Waals surface area (Å²) < 4.78 is 47.1. The lowest BCUT2D eigenvalue weighted by Crippen LogP contribution is -2.45. The van der Waals surface area contributed by atoms with Gasteiger partial charge >= 0.3 is 6.18 Å². The fourth-order valence-corrected chi connectivity index (χ4v) is 3.69. The van der Waals surface area contributed by atoms with Crippen molar-refractivity contribution < 1.29 is 22.7 Å². The smallest absolute Gasteiger partial charge is 0.417 e. The molecule has 1 saturated heterocycles. The van der Waals surface area contributed by atoms with Crippen LogP contribution < -0.4 is 4.74 Å². The molecule has 0 bridgehead atoms. The quantitative estimate of drug-likeness (QED) is 0.810. The molecule has 3 heterocycles. The van der Waals surface area contributed by atoms with Crippen LogP contribution in [0.15, 0.2) is 6.07 Å². The normalized spacial score (nSPS) is 18.1. The van der Waals surface area contributed by atoms with Gasteiger partial charge in [-0.15, -0.1) is 0 Å². The molecule has 1 aliphatic rings. The molecule has 9 heteroatoms. The minimum Gasteiger partial charge on any atom is -0.467 e. The van der Waals surface area contributed by atoms with Gasteiger partial charge in [0, 0.05) is 25.7 Å². The number of aryl methyl sites for hydroxylation is 2. The molecule has 6 nitrogen and oxygen atoms in total. The minimum atomic E-state index is -4.57. The Morgan fingerprint density at radius 1 is 1.37 bits per heavy atom. The highest BCUT2D eigenvalue weighted by Crippen LogP contribution is 2.37. The van der Waals surface area contributed by atoms with Gasteiger partial charge in [-0.25, -0.2) is 0 Å². The summed E-state index contributed by atoms with van der Waals surface area (Å²) in [4.78, 5) is 18.4. The number of carbonyl (C=O) groups excluding carboxylic acids is 1. The van der Waals surface area contributed by atoms with Gasteiger partial charge in [-0.05, 0) is 32.6 Å². The molecule has 2 aromatic rings. The van der Waals surface area contributed by atoms with E-state index < -0.39 is 11.7 Å². The number of halogens is 3. The number of hydrogen-bond donors (Lipinski definition) is 0. The third-order valence-electron chi connectivity index (χ3n) is 5.01. The van der Waals surface area contributed by atoms with Crippen molar-refractivity contribution in [3.05, 3.63) is 17.3 Å². The zero-order chi connectivity index (χ0) is 19.8. The molecule has 3 rings (SSSR count). The van der Waals surface area contributed by atoms with Crippen molar-refractivity contribution in [3.8, 4) is 5.88 Å². The Kier molecular flexibility index (Phi) is 5.30. The molecule has 27 heavy (non-hydrogen) atoms. The highest BCUT2D eigenvalue weighted by Gasteiger charge is 2.36. The summed E-state index contributed by atoms with van der Waals surface area (Å²) in [7, 11) is 1.52. The Morgan fingerprint density at radius 3 is 2.78 bits per heavy atom. The summed E-state index contributed by atoms with van der Waals surface area (Å²) in [5.41, 5.74) is -0.534. The first-order chi connectivity index (χ1) is 12.7. The molecular formula is C18H23F3N4O2. The van der Waals surface area contributed by atoms with Crippen molar-refractivity contribution in [1.29, 1.82) is 0 Å². The molecule has 1 atom stereocenters. The average Bonchev–Trinajstić information content (AvgIpc) is 2.92. The molecule has 1 unspecified atom stereocenters. The van der Waals surface area contributed by atoms with Crippen LogP contribution in [0.3, 0.4) is 0 Å². The summed E-state index contributed by atoms with van der Waals surface area (Å²) in [5, 5.41) is 3.97. The van der Waals surface area contributed by atoms with Crippen LogP contribution in [0, 0.1) is 6.92 Å². The largest absolute Gasteiger partial charge is 0.467 e. The number of ether oxygens (including phenoxy) is 1. The molecule has 1 amide bonds. The molecule has 0 saturated carbocycles. The molecule has 0 N–H and O–H groups in total. The van der Waals surface area contributed by atoms with E-state index in [1.165, 1.54) is 18.7 Å². The molecule has 0 radical (unpaired) electrons. The van der Waals surface area contributed by atoms with Crippen molar-refractivity contribution in [2.45, 2.75) is 51.7 Å². The van der Waals surface area contributed by atoms with E-state index in [0.29, 0.717) is 6.54 Å². The maximum absolute atomic E-state index is 13.5. The first-order valence-electron chi connectivity index (χ1n) is 9.06. The van der Waals surface area contributed by atoms with Crippen LogP contribution in [0.2, 0.25) is 0 Å². The fraction of sp³-hybridized carbons (Fsp3) is 0.611. The molecule has 1 fully saturated rings. The molecule has 2 aromatic heterocycles. The van der Waals surface area contributed by atoms with Crippen molar-refractivity contribution in [2.75, 3.05) is 13.2 Å². The van der Waals surface area contributed by atoms with Crippen molar-refractivity contribution >= 4 is 16.9 Å². The number of pyridine rings is 1. The Labute approximate surface area is 155 Å². The molecule has 148 valence electrons. The fourth-order valence-electron chi connectivity index (χ4n) is 3.69. The van der Waals surface area contributed by atoms with Gasteiger partial charge < -0.3 is 9.64 Å². The van der Waals surface area contributed by atoms with Gasteiger partial charge in [0.05, 0.1) is 16.6 Å². The van der Waals surface area contributed by atoms with Gasteiger partial charge in [-0.1, -0.05) is 6.92 Å². The molecule has 1 aliphatic heterocycles. The van der Waals surface area contributed by atoms with Crippen LogP contribution in [0.4, 0.5) is 13.2 Å². The predicted octanol–water partition coefficient (Wildman–Crippen LogP) is 3.47. The van der Waals surface area contributed by atoms with Gasteiger partial charge in [0.15, 0.2) is 12.3 Å². The Bertz CT molecular complexity index is 847. The van der Waals surface area contributed by atoms with Crippen molar-refractivity contribution in [1.82, 2.24) is 19.7 Å². The van der Waals surface area contributed by atoms with E-state index >= 15 is 0 Å². The summed E-state index contributed by atoms with van der Waals surface area (Å²) >= 11 is 0.